The van der Waals surface area contributed by atoms with Crippen molar-refractivity contribution < 1.29 is 13.9 Å². The van der Waals surface area contributed by atoms with E-state index in [0.717, 1.165) is 22.4 Å². The minimum Gasteiger partial charge on any atom is -0.459 e. The molecule has 4 aromatic rings. The van der Waals surface area contributed by atoms with Crippen molar-refractivity contribution in [1.82, 2.24) is 20.4 Å². The fourth-order valence-electron chi connectivity index (χ4n) is 3.21. The van der Waals surface area contributed by atoms with Crippen LogP contribution in [-0.2, 0) is 22.6 Å². The number of anilines is 2. The molecular formula is C22H20N6O3. The van der Waals surface area contributed by atoms with Crippen LogP contribution in [0, 0.1) is 0 Å². The van der Waals surface area contributed by atoms with Crippen molar-refractivity contribution in [2.24, 2.45) is 0 Å². The normalized spacial score (nSPS) is 12.7. The monoisotopic (exact) mass is 416 g/mol. The average molecular weight is 416 g/mol. The van der Waals surface area contributed by atoms with Crippen molar-refractivity contribution in [3.8, 4) is 11.5 Å². The first-order chi connectivity index (χ1) is 15.4. The van der Waals surface area contributed by atoms with Gasteiger partial charge in [-0.2, -0.15) is 5.10 Å². The molecule has 0 amide bonds. The maximum Gasteiger partial charge on any atom is 0.325 e. The van der Waals surface area contributed by atoms with Crippen molar-refractivity contribution in [3.05, 3.63) is 90.3 Å². The Morgan fingerprint density at radius 2 is 1.87 bits per heavy atom. The van der Waals surface area contributed by atoms with Crippen molar-refractivity contribution in [2.45, 2.75) is 13.1 Å². The molecule has 0 spiro atoms. The molecule has 0 fully saturated rings. The van der Waals surface area contributed by atoms with E-state index in [9.17, 15) is 0 Å². The van der Waals surface area contributed by atoms with Crippen LogP contribution in [0.25, 0.3) is 11.5 Å². The van der Waals surface area contributed by atoms with Gasteiger partial charge in [0, 0.05) is 24.0 Å². The molecule has 0 saturated heterocycles. The van der Waals surface area contributed by atoms with Crippen LogP contribution in [0.3, 0.4) is 0 Å². The van der Waals surface area contributed by atoms with E-state index in [2.05, 4.69) is 25.7 Å². The zero-order valence-corrected chi connectivity index (χ0v) is 16.6. The van der Waals surface area contributed by atoms with Crippen LogP contribution in [0.2, 0.25) is 0 Å². The smallest absolute Gasteiger partial charge is 0.325 e. The first kappa shape index (κ1) is 18.7. The summed E-state index contributed by atoms with van der Waals surface area (Å²) in [6, 6.07) is 18.1. The topological polar surface area (TPSA) is 101 Å². The maximum absolute atomic E-state index is 6.06. The average Bonchev–Trinajstić information content (AvgIpc) is 3.60. The highest BCUT2D eigenvalue weighted by atomic mass is 16.7. The number of hydrogen-bond donors (Lipinski definition) is 2. The Balaban J connectivity index is 1.41. The molecule has 156 valence electrons. The SMILES string of the molecule is C1=C(N(Cc2ccccc2)c2nnc(-c3ccccc3NCc3cn[nH]c3)o2)OCO1. The van der Waals surface area contributed by atoms with Crippen LogP contribution in [-0.4, -0.2) is 27.2 Å². The first-order valence-corrected chi connectivity index (χ1v) is 9.77. The van der Waals surface area contributed by atoms with Gasteiger partial charge in [-0.25, -0.2) is 0 Å². The molecule has 0 radical (unpaired) electrons. The molecule has 0 saturated carbocycles. The lowest BCUT2D eigenvalue weighted by Crippen LogP contribution is -2.22. The molecule has 9 heteroatoms. The molecule has 0 aliphatic carbocycles. The van der Waals surface area contributed by atoms with E-state index in [1.807, 2.05) is 60.8 Å². The lowest BCUT2D eigenvalue weighted by atomic mass is 10.1. The number of aromatic amines is 1. The molecule has 0 atom stereocenters. The number of hydrogen-bond acceptors (Lipinski definition) is 8. The summed E-state index contributed by atoms with van der Waals surface area (Å²) in [4.78, 5) is 1.79. The second-order valence-electron chi connectivity index (χ2n) is 6.85. The Kier molecular flexibility index (Phi) is 5.21. The van der Waals surface area contributed by atoms with E-state index in [1.165, 1.54) is 0 Å². The van der Waals surface area contributed by atoms with Gasteiger partial charge in [-0.05, 0) is 17.7 Å². The standard InChI is InChI=1S/C22H20N6O3/c1-2-6-16(7-3-1)13-28(20-14-29-15-30-20)22-27-26-21(31-22)18-8-4-5-9-19(18)23-10-17-11-24-25-12-17/h1-9,11-12,14,23H,10,13,15H2,(H,24,25). The fourth-order valence-corrected chi connectivity index (χ4v) is 3.21. The number of rotatable bonds is 8. The second-order valence-corrected chi connectivity index (χ2v) is 6.85. The number of para-hydroxylation sites is 1. The zero-order chi connectivity index (χ0) is 20.9. The summed E-state index contributed by atoms with van der Waals surface area (Å²) in [7, 11) is 0. The summed E-state index contributed by atoms with van der Waals surface area (Å²) in [6.07, 6.45) is 5.17. The molecule has 2 aromatic carbocycles. The zero-order valence-electron chi connectivity index (χ0n) is 16.6. The van der Waals surface area contributed by atoms with Gasteiger partial charge in [0.15, 0.2) is 0 Å². The largest absolute Gasteiger partial charge is 0.459 e. The minimum absolute atomic E-state index is 0.155. The summed E-state index contributed by atoms with van der Waals surface area (Å²) >= 11 is 0. The maximum atomic E-state index is 6.06. The Morgan fingerprint density at radius 1 is 1.00 bits per heavy atom. The molecule has 0 bridgehead atoms. The van der Waals surface area contributed by atoms with Crippen molar-refractivity contribution in [3.63, 3.8) is 0 Å². The van der Waals surface area contributed by atoms with Gasteiger partial charge in [0.05, 0.1) is 18.3 Å². The molecule has 1 aliphatic heterocycles. The second kappa shape index (κ2) is 8.62. The van der Waals surface area contributed by atoms with Gasteiger partial charge in [0.2, 0.25) is 12.7 Å². The van der Waals surface area contributed by atoms with E-state index in [0.29, 0.717) is 30.9 Å². The predicted molar refractivity (Wildman–Crippen MR) is 113 cm³/mol. The number of H-pyrrole nitrogens is 1. The van der Waals surface area contributed by atoms with Crippen LogP contribution in [0.5, 0.6) is 0 Å². The minimum atomic E-state index is 0.155. The molecule has 0 unspecified atom stereocenters. The van der Waals surface area contributed by atoms with Crippen molar-refractivity contribution in [2.75, 3.05) is 17.0 Å². The number of nitrogens with one attached hydrogen (secondary N) is 2. The van der Waals surface area contributed by atoms with Crippen molar-refractivity contribution >= 4 is 11.7 Å². The van der Waals surface area contributed by atoms with Crippen molar-refractivity contribution in [1.29, 1.82) is 0 Å². The van der Waals surface area contributed by atoms with E-state index < -0.39 is 0 Å². The van der Waals surface area contributed by atoms with Crippen LogP contribution in [0.4, 0.5) is 11.7 Å². The summed E-state index contributed by atoms with van der Waals surface area (Å²) < 4.78 is 16.9. The number of aromatic nitrogens is 4. The molecule has 3 heterocycles. The predicted octanol–water partition coefficient (Wildman–Crippen LogP) is 3.88. The molecule has 31 heavy (non-hydrogen) atoms. The quantitative estimate of drug-likeness (QED) is 0.446. The third-order valence-corrected chi connectivity index (χ3v) is 4.75. The molecule has 2 aromatic heterocycles. The van der Waals surface area contributed by atoms with Crippen LogP contribution >= 0.6 is 0 Å². The molecule has 2 N–H and O–H groups in total. The molecule has 5 rings (SSSR count). The van der Waals surface area contributed by atoms with E-state index in [4.69, 9.17) is 13.9 Å². The van der Waals surface area contributed by atoms with Gasteiger partial charge in [0.1, 0.15) is 6.26 Å². The summed E-state index contributed by atoms with van der Waals surface area (Å²) in [5, 5.41) is 18.7. The molecule has 1 aliphatic rings. The highest BCUT2D eigenvalue weighted by Crippen LogP contribution is 2.31. The van der Waals surface area contributed by atoms with E-state index >= 15 is 0 Å². The van der Waals surface area contributed by atoms with Gasteiger partial charge in [-0.15, -0.1) is 5.10 Å². The van der Waals surface area contributed by atoms with Gasteiger partial charge < -0.3 is 19.2 Å². The summed E-state index contributed by atoms with van der Waals surface area (Å²) in [5.41, 5.74) is 3.80. The van der Waals surface area contributed by atoms with Gasteiger partial charge >= 0.3 is 6.01 Å². The Bertz CT molecular complexity index is 1160. The highest BCUT2D eigenvalue weighted by molar-refractivity contribution is 5.72. The molecule has 9 nitrogen and oxygen atoms in total. The number of benzene rings is 2. The Morgan fingerprint density at radius 3 is 2.68 bits per heavy atom. The van der Waals surface area contributed by atoms with Crippen LogP contribution in [0.1, 0.15) is 11.1 Å². The van der Waals surface area contributed by atoms with Crippen LogP contribution < -0.4 is 10.2 Å². The number of nitrogens with zero attached hydrogens (tertiary/aromatic N) is 4. The fraction of sp³-hybridized carbons (Fsp3) is 0.136. The van der Waals surface area contributed by atoms with Gasteiger partial charge in [0.25, 0.3) is 5.89 Å². The van der Waals surface area contributed by atoms with E-state index in [1.54, 1.807) is 17.4 Å². The summed E-state index contributed by atoms with van der Waals surface area (Å²) in [6.45, 7) is 1.27. The summed E-state index contributed by atoms with van der Waals surface area (Å²) in [5.74, 6) is 0.924. The van der Waals surface area contributed by atoms with Crippen LogP contribution in [0.15, 0.2) is 83.6 Å². The lowest BCUT2D eigenvalue weighted by molar-refractivity contribution is 0.0776. The third-order valence-electron chi connectivity index (χ3n) is 4.75. The third kappa shape index (κ3) is 4.20. The Labute approximate surface area is 178 Å². The van der Waals surface area contributed by atoms with E-state index in [-0.39, 0.29) is 6.79 Å². The lowest BCUT2D eigenvalue weighted by Gasteiger charge is -2.19. The molecular weight excluding hydrogens is 396 g/mol. The Hall–Kier alpha value is -4.27. The number of ether oxygens (including phenoxy) is 2. The first-order valence-electron chi connectivity index (χ1n) is 9.77. The van der Waals surface area contributed by atoms with Gasteiger partial charge in [-0.1, -0.05) is 47.6 Å². The van der Waals surface area contributed by atoms with Gasteiger partial charge in [-0.3, -0.25) is 10.00 Å². The highest BCUT2D eigenvalue weighted by Gasteiger charge is 2.24.